The lowest BCUT2D eigenvalue weighted by Gasteiger charge is -2.40. The zero-order valence-electron chi connectivity index (χ0n) is 12.8. The van der Waals surface area contributed by atoms with Gasteiger partial charge >= 0.3 is 0 Å². The predicted molar refractivity (Wildman–Crippen MR) is 83.2 cm³/mol. The summed E-state index contributed by atoms with van der Waals surface area (Å²) in [4.78, 5) is 2.45. The molecular weight excluding hydrogens is 258 g/mol. The molecule has 0 amide bonds. The molecule has 0 radical (unpaired) electrons. The van der Waals surface area contributed by atoms with Gasteiger partial charge in [0, 0.05) is 13.0 Å². The molecule has 1 aromatic rings. The minimum absolute atomic E-state index is 0.245. The molecule has 1 aliphatic heterocycles. The summed E-state index contributed by atoms with van der Waals surface area (Å²) in [6.07, 6.45) is 5.25. The third kappa shape index (κ3) is 4.06. The van der Waals surface area contributed by atoms with E-state index in [0.29, 0.717) is 6.42 Å². The minimum atomic E-state index is 0.245. The number of nitriles is 2. The van der Waals surface area contributed by atoms with Crippen molar-refractivity contribution in [1.29, 1.82) is 10.5 Å². The van der Waals surface area contributed by atoms with Gasteiger partial charge in [0.25, 0.3) is 0 Å². The average Bonchev–Trinajstić information content (AvgIpc) is 2.50. The maximum Gasteiger partial charge on any atom is 0.0991 e. The van der Waals surface area contributed by atoms with E-state index in [-0.39, 0.29) is 5.41 Å². The van der Waals surface area contributed by atoms with E-state index in [4.69, 9.17) is 10.5 Å². The summed E-state index contributed by atoms with van der Waals surface area (Å²) < 4.78 is 0. The van der Waals surface area contributed by atoms with Gasteiger partial charge in [-0.1, -0.05) is 25.5 Å². The second kappa shape index (κ2) is 7.25. The molecule has 110 valence electrons. The van der Waals surface area contributed by atoms with Crippen molar-refractivity contribution in [1.82, 2.24) is 4.90 Å². The van der Waals surface area contributed by atoms with Gasteiger partial charge < -0.3 is 0 Å². The van der Waals surface area contributed by atoms with Gasteiger partial charge in [0.2, 0.25) is 0 Å². The lowest BCUT2D eigenvalue weighted by atomic mass is 9.73. The van der Waals surface area contributed by atoms with Crippen LogP contribution in [0.15, 0.2) is 24.3 Å². The Labute approximate surface area is 127 Å². The van der Waals surface area contributed by atoms with Crippen LogP contribution in [-0.2, 0) is 6.54 Å². The first-order valence-electron chi connectivity index (χ1n) is 7.80. The van der Waals surface area contributed by atoms with E-state index in [0.717, 1.165) is 50.9 Å². The predicted octanol–water partition coefficient (Wildman–Crippen LogP) is 3.85. The highest BCUT2D eigenvalue weighted by Gasteiger charge is 2.33. The molecule has 0 N–H and O–H groups in total. The van der Waals surface area contributed by atoms with Crippen LogP contribution in [0.4, 0.5) is 0 Å². The van der Waals surface area contributed by atoms with E-state index >= 15 is 0 Å². The molecule has 1 aliphatic rings. The van der Waals surface area contributed by atoms with Crippen molar-refractivity contribution in [2.45, 2.75) is 45.6 Å². The summed E-state index contributed by atoms with van der Waals surface area (Å²) in [6, 6.07) is 12.4. The highest BCUT2D eigenvalue weighted by Crippen LogP contribution is 2.39. The number of hydrogen-bond donors (Lipinski definition) is 0. The van der Waals surface area contributed by atoms with E-state index in [1.165, 1.54) is 5.56 Å². The monoisotopic (exact) mass is 281 g/mol. The van der Waals surface area contributed by atoms with Crippen molar-refractivity contribution in [3.05, 3.63) is 35.4 Å². The maximum absolute atomic E-state index is 9.07. The molecule has 0 aliphatic carbocycles. The van der Waals surface area contributed by atoms with Crippen molar-refractivity contribution in [2.24, 2.45) is 5.41 Å². The lowest BCUT2D eigenvalue weighted by Crippen LogP contribution is -2.39. The van der Waals surface area contributed by atoms with E-state index in [1.54, 1.807) is 0 Å². The number of likely N-dealkylation sites (tertiary alicyclic amines) is 1. The zero-order valence-corrected chi connectivity index (χ0v) is 12.8. The molecule has 0 bridgehead atoms. The first kappa shape index (κ1) is 15.5. The largest absolute Gasteiger partial charge is 0.299 e. The fourth-order valence-corrected chi connectivity index (χ4v) is 3.40. The Hall–Kier alpha value is -1.84. The standard InChI is InChI=1S/C18H23N3/c1-2-6-18(7-10-19)8-11-21(12-9-18)15-17-5-3-4-16(13-17)14-20/h3-5,13H,2,6-9,11-12,15H2,1H3. The van der Waals surface area contributed by atoms with Gasteiger partial charge in [-0.2, -0.15) is 10.5 Å². The summed E-state index contributed by atoms with van der Waals surface area (Å²) in [5.41, 5.74) is 2.18. The van der Waals surface area contributed by atoms with Gasteiger partial charge in [-0.25, -0.2) is 0 Å². The van der Waals surface area contributed by atoms with Crippen LogP contribution in [0.25, 0.3) is 0 Å². The van der Waals surface area contributed by atoms with Crippen molar-refractivity contribution < 1.29 is 0 Å². The topological polar surface area (TPSA) is 50.8 Å². The van der Waals surface area contributed by atoms with Crippen molar-refractivity contribution in [3.63, 3.8) is 0 Å². The van der Waals surface area contributed by atoms with Crippen LogP contribution in [0.3, 0.4) is 0 Å². The summed E-state index contributed by atoms with van der Waals surface area (Å²) in [5, 5.41) is 18.0. The third-order valence-electron chi connectivity index (χ3n) is 4.61. The molecule has 0 spiro atoms. The highest BCUT2D eigenvalue weighted by molar-refractivity contribution is 5.32. The van der Waals surface area contributed by atoms with E-state index < -0.39 is 0 Å². The molecule has 0 aromatic heterocycles. The first-order chi connectivity index (χ1) is 10.2. The number of nitrogens with zero attached hydrogens (tertiary/aromatic N) is 3. The normalized spacial score (nSPS) is 17.9. The van der Waals surface area contributed by atoms with Gasteiger partial charge in [-0.05, 0) is 55.5 Å². The molecule has 1 saturated heterocycles. The van der Waals surface area contributed by atoms with Crippen LogP contribution < -0.4 is 0 Å². The molecule has 0 unspecified atom stereocenters. The summed E-state index contributed by atoms with van der Waals surface area (Å²) in [7, 11) is 0. The molecule has 0 atom stereocenters. The van der Waals surface area contributed by atoms with E-state index in [9.17, 15) is 0 Å². The fraction of sp³-hybridized carbons (Fsp3) is 0.556. The minimum Gasteiger partial charge on any atom is -0.299 e. The summed E-state index contributed by atoms with van der Waals surface area (Å²) in [6.45, 7) is 5.22. The van der Waals surface area contributed by atoms with Gasteiger partial charge in [0.15, 0.2) is 0 Å². The summed E-state index contributed by atoms with van der Waals surface area (Å²) >= 11 is 0. The smallest absolute Gasteiger partial charge is 0.0991 e. The molecule has 2 rings (SSSR count). The zero-order chi connectivity index (χ0) is 15.1. The fourth-order valence-electron chi connectivity index (χ4n) is 3.40. The third-order valence-corrected chi connectivity index (χ3v) is 4.61. The summed E-state index contributed by atoms with van der Waals surface area (Å²) in [5.74, 6) is 0. The van der Waals surface area contributed by atoms with Crippen molar-refractivity contribution >= 4 is 0 Å². The molecular formula is C18H23N3. The Morgan fingerprint density at radius 3 is 2.62 bits per heavy atom. The number of rotatable bonds is 5. The van der Waals surface area contributed by atoms with Gasteiger partial charge in [-0.3, -0.25) is 4.90 Å². The van der Waals surface area contributed by atoms with Crippen LogP contribution in [0.1, 0.15) is 50.2 Å². The Morgan fingerprint density at radius 1 is 1.24 bits per heavy atom. The number of hydrogen-bond acceptors (Lipinski definition) is 3. The van der Waals surface area contributed by atoms with Crippen LogP contribution in [0.5, 0.6) is 0 Å². The maximum atomic E-state index is 9.07. The number of benzene rings is 1. The van der Waals surface area contributed by atoms with E-state index in [1.807, 2.05) is 18.2 Å². The van der Waals surface area contributed by atoms with Crippen LogP contribution in [0.2, 0.25) is 0 Å². The van der Waals surface area contributed by atoms with E-state index in [2.05, 4.69) is 30.0 Å². The van der Waals surface area contributed by atoms with Crippen LogP contribution in [-0.4, -0.2) is 18.0 Å². The van der Waals surface area contributed by atoms with Gasteiger partial charge in [-0.15, -0.1) is 0 Å². The Bertz CT molecular complexity index is 542. The molecule has 0 saturated carbocycles. The molecule has 1 fully saturated rings. The molecule has 3 heteroatoms. The highest BCUT2D eigenvalue weighted by atomic mass is 15.1. The molecule has 1 aromatic carbocycles. The lowest BCUT2D eigenvalue weighted by molar-refractivity contribution is 0.0930. The van der Waals surface area contributed by atoms with Gasteiger partial charge in [0.1, 0.15) is 0 Å². The second-order valence-electron chi connectivity index (χ2n) is 6.17. The van der Waals surface area contributed by atoms with Crippen molar-refractivity contribution in [2.75, 3.05) is 13.1 Å². The van der Waals surface area contributed by atoms with Crippen LogP contribution >= 0.6 is 0 Å². The Kier molecular flexibility index (Phi) is 5.37. The molecule has 1 heterocycles. The van der Waals surface area contributed by atoms with Crippen molar-refractivity contribution in [3.8, 4) is 12.1 Å². The SMILES string of the molecule is CCCC1(CC#N)CCN(Cc2cccc(C#N)c2)CC1. The van der Waals surface area contributed by atoms with Crippen LogP contribution in [0, 0.1) is 28.1 Å². The first-order valence-corrected chi connectivity index (χ1v) is 7.80. The Morgan fingerprint density at radius 2 is 2.00 bits per heavy atom. The Balaban J connectivity index is 1.94. The second-order valence-corrected chi connectivity index (χ2v) is 6.17. The average molecular weight is 281 g/mol. The molecule has 3 nitrogen and oxygen atoms in total. The molecule has 21 heavy (non-hydrogen) atoms. The van der Waals surface area contributed by atoms with Gasteiger partial charge in [0.05, 0.1) is 17.7 Å². The number of piperidine rings is 1. The quantitative estimate of drug-likeness (QED) is 0.823.